The zero-order valence-corrected chi connectivity index (χ0v) is 10.1. The third kappa shape index (κ3) is 2.45. The standard InChI is InChI=1S/C10H12N2O4S/c1-6-8(17-5-11-6)9(13)12-2-3-16-7(4-12)10(14)15/h5,7H,2-4H2,1H3,(H,14,15). The SMILES string of the molecule is Cc1ncsc1C(=O)N1CCOC(C(=O)O)C1. The summed E-state index contributed by atoms with van der Waals surface area (Å²) in [6.07, 6.45) is -0.930. The van der Waals surface area contributed by atoms with E-state index < -0.39 is 12.1 Å². The second-order valence-electron chi connectivity index (χ2n) is 3.72. The van der Waals surface area contributed by atoms with E-state index in [-0.39, 0.29) is 19.1 Å². The number of aryl methyl sites for hydroxylation is 1. The van der Waals surface area contributed by atoms with Crippen LogP contribution in [0.25, 0.3) is 0 Å². The van der Waals surface area contributed by atoms with E-state index in [0.29, 0.717) is 17.1 Å². The van der Waals surface area contributed by atoms with Gasteiger partial charge in [0, 0.05) is 6.54 Å². The molecular weight excluding hydrogens is 244 g/mol. The van der Waals surface area contributed by atoms with Gasteiger partial charge in [-0.1, -0.05) is 0 Å². The molecule has 1 N–H and O–H groups in total. The van der Waals surface area contributed by atoms with E-state index in [1.807, 2.05) is 0 Å². The van der Waals surface area contributed by atoms with Gasteiger partial charge >= 0.3 is 5.97 Å². The molecule has 1 aromatic heterocycles. The Morgan fingerprint density at radius 1 is 1.65 bits per heavy atom. The zero-order valence-electron chi connectivity index (χ0n) is 9.25. The van der Waals surface area contributed by atoms with Crippen molar-refractivity contribution in [3.05, 3.63) is 16.1 Å². The van der Waals surface area contributed by atoms with Crippen molar-refractivity contribution in [3.8, 4) is 0 Å². The molecule has 6 nitrogen and oxygen atoms in total. The topological polar surface area (TPSA) is 79.7 Å². The molecule has 0 spiro atoms. The molecule has 1 aliphatic heterocycles. The summed E-state index contributed by atoms with van der Waals surface area (Å²) in [6.45, 7) is 2.52. The van der Waals surface area contributed by atoms with Crippen molar-refractivity contribution in [2.24, 2.45) is 0 Å². The van der Waals surface area contributed by atoms with Crippen LogP contribution in [0.4, 0.5) is 0 Å². The predicted octanol–water partition coefficient (Wildman–Crippen LogP) is 0.377. The molecule has 17 heavy (non-hydrogen) atoms. The molecule has 2 heterocycles. The van der Waals surface area contributed by atoms with Gasteiger partial charge in [0.1, 0.15) is 4.88 Å². The van der Waals surface area contributed by atoms with Gasteiger partial charge in [-0.3, -0.25) is 4.79 Å². The fourth-order valence-corrected chi connectivity index (χ4v) is 2.40. The average Bonchev–Trinajstić information content (AvgIpc) is 2.74. The molecular formula is C10H12N2O4S. The molecule has 1 unspecified atom stereocenters. The third-order valence-corrected chi connectivity index (χ3v) is 3.49. The molecule has 0 bridgehead atoms. The number of nitrogens with zero attached hydrogens (tertiary/aromatic N) is 2. The van der Waals surface area contributed by atoms with Crippen molar-refractivity contribution in [1.29, 1.82) is 0 Å². The quantitative estimate of drug-likeness (QED) is 0.827. The van der Waals surface area contributed by atoms with Crippen LogP contribution in [0, 0.1) is 6.92 Å². The van der Waals surface area contributed by atoms with Crippen LogP contribution in [-0.2, 0) is 9.53 Å². The van der Waals surface area contributed by atoms with E-state index in [9.17, 15) is 9.59 Å². The molecule has 0 aromatic carbocycles. The van der Waals surface area contributed by atoms with Crippen molar-refractivity contribution in [1.82, 2.24) is 9.88 Å². The summed E-state index contributed by atoms with van der Waals surface area (Å²) >= 11 is 1.27. The number of morpholine rings is 1. The lowest BCUT2D eigenvalue weighted by Crippen LogP contribution is -2.48. The smallest absolute Gasteiger partial charge is 0.334 e. The van der Waals surface area contributed by atoms with Crippen LogP contribution < -0.4 is 0 Å². The van der Waals surface area contributed by atoms with Gasteiger partial charge in [-0.25, -0.2) is 9.78 Å². The average molecular weight is 256 g/mol. The monoisotopic (exact) mass is 256 g/mol. The van der Waals surface area contributed by atoms with Gasteiger partial charge in [-0.05, 0) is 6.92 Å². The number of ether oxygens (including phenoxy) is 1. The highest BCUT2D eigenvalue weighted by atomic mass is 32.1. The molecule has 1 atom stereocenters. The zero-order chi connectivity index (χ0) is 12.4. The van der Waals surface area contributed by atoms with Crippen molar-refractivity contribution >= 4 is 23.2 Å². The molecule has 92 valence electrons. The Bertz CT molecular complexity index is 445. The van der Waals surface area contributed by atoms with Crippen LogP contribution in [0.1, 0.15) is 15.4 Å². The van der Waals surface area contributed by atoms with E-state index in [1.54, 1.807) is 12.4 Å². The van der Waals surface area contributed by atoms with Gasteiger partial charge in [0.15, 0.2) is 6.10 Å². The van der Waals surface area contributed by atoms with Crippen molar-refractivity contribution in [2.75, 3.05) is 19.7 Å². The Kier molecular flexibility index (Phi) is 3.39. The fraction of sp³-hybridized carbons (Fsp3) is 0.500. The minimum absolute atomic E-state index is 0.0888. The number of rotatable bonds is 2. The number of carbonyl (C=O) groups is 2. The van der Waals surface area contributed by atoms with Crippen LogP contribution in [-0.4, -0.2) is 52.7 Å². The molecule has 7 heteroatoms. The van der Waals surface area contributed by atoms with E-state index in [2.05, 4.69) is 4.98 Å². The van der Waals surface area contributed by atoms with Crippen molar-refractivity contribution in [3.63, 3.8) is 0 Å². The minimum Gasteiger partial charge on any atom is -0.479 e. The van der Waals surface area contributed by atoms with E-state index >= 15 is 0 Å². The van der Waals surface area contributed by atoms with E-state index in [1.165, 1.54) is 16.2 Å². The first kappa shape index (κ1) is 12.0. The molecule has 1 amide bonds. The number of amides is 1. The highest BCUT2D eigenvalue weighted by Gasteiger charge is 2.30. The Morgan fingerprint density at radius 3 is 3.00 bits per heavy atom. The molecule has 0 radical (unpaired) electrons. The number of carboxylic acid groups (broad SMARTS) is 1. The van der Waals surface area contributed by atoms with Crippen LogP contribution >= 0.6 is 11.3 Å². The second kappa shape index (κ2) is 4.80. The lowest BCUT2D eigenvalue weighted by atomic mass is 10.2. The summed E-state index contributed by atoms with van der Waals surface area (Å²) < 4.78 is 5.06. The van der Waals surface area contributed by atoms with Gasteiger partial charge in [0.2, 0.25) is 0 Å². The first-order valence-corrected chi connectivity index (χ1v) is 6.01. The molecule has 1 fully saturated rings. The first-order chi connectivity index (χ1) is 8.09. The lowest BCUT2D eigenvalue weighted by molar-refractivity contribution is -0.154. The molecule has 0 aliphatic carbocycles. The second-order valence-corrected chi connectivity index (χ2v) is 4.57. The highest BCUT2D eigenvalue weighted by Crippen LogP contribution is 2.17. The van der Waals surface area contributed by atoms with Gasteiger partial charge in [-0.2, -0.15) is 0 Å². The highest BCUT2D eigenvalue weighted by molar-refractivity contribution is 7.11. The predicted molar refractivity (Wildman–Crippen MR) is 60.1 cm³/mol. The number of aromatic nitrogens is 1. The maximum atomic E-state index is 12.1. The molecule has 1 aromatic rings. The summed E-state index contributed by atoms with van der Waals surface area (Å²) in [6, 6.07) is 0. The maximum Gasteiger partial charge on any atom is 0.334 e. The minimum atomic E-state index is -1.04. The Balaban J connectivity index is 2.10. The summed E-state index contributed by atoms with van der Waals surface area (Å²) in [7, 11) is 0. The Morgan fingerprint density at radius 2 is 2.41 bits per heavy atom. The summed E-state index contributed by atoms with van der Waals surface area (Å²) in [4.78, 5) is 29.0. The number of carboxylic acids is 1. The molecule has 2 rings (SSSR count). The van der Waals surface area contributed by atoms with Crippen molar-refractivity contribution < 1.29 is 19.4 Å². The summed E-state index contributed by atoms with van der Waals surface area (Å²) in [5, 5.41) is 8.85. The molecule has 1 aliphatic rings. The van der Waals surface area contributed by atoms with Crippen molar-refractivity contribution in [2.45, 2.75) is 13.0 Å². The van der Waals surface area contributed by atoms with Gasteiger partial charge < -0.3 is 14.7 Å². The fourth-order valence-electron chi connectivity index (χ4n) is 1.63. The summed E-state index contributed by atoms with van der Waals surface area (Å²) in [5.74, 6) is -1.21. The number of hydrogen-bond acceptors (Lipinski definition) is 5. The van der Waals surface area contributed by atoms with Gasteiger partial charge in [0.05, 0.1) is 24.4 Å². The first-order valence-electron chi connectivity index (χ1n) is 5.13. The van der Waals surface area contributed by atoms with Crippen LogP contribution in [0.15, 0.2) is 5.51 Å². The third-order valence-electron chi connectivity index (χ3n) is 2.57. The van der Waals surface area contributed by atoms with Crippen LogP contribution in [0.3, 0.4) is 0 Å². The van der Waals surface area contributed by atoms with Gasteiger partial charge in [-0.15, -0.1) is 11.3 Å². The Hall–Kier alpha value is -1.47. The Labute approximate surface area is 102 Å². The number of aliphatic carboxylic acids is 1. The van der Waals surface area contributed by atoms with Crippen LogP contribution in [0.5, 0.6) is 0 Å². The normalized spacial score (nSPS) is 20.3. The molecule has 0 saturated carbocycles. The van der Waals surface area contributed by atoms with E-state index in [0.717, 1.165) is 0 Å². The maximum absolute atomic E-state index is 12.1. The number of carbonyl (C=O) groups excluding carboxylic acids is 1. The van der Waals surface area contributed by atoms with Crippen LogP contribution in [0.2, 0.25) is 0 Å². The summed E-state index contributed by atoms with van der Waals surface area (Å²) in [5.41, 5.74) is 2.29. The largest absolute Gasteiger partial charge is 0.479 e. The number of thiazole rings is 1. The number of hydrogen-bond donors (Lipinski definition) is 1. The van der Waals surface area contributed by atoms with E-state index in [4.69, 9.17) is 9.84 Å². The van der Waals surface area contributed by atoms with Gasteiger partial charge in [0.25, 0.3) is 5.91 Å². The lowest BCUT2D eigenvalue weighted by Gasteiger charge is -2.30. The molecule has 1 saturated heterocycles.